The Bertz CT molecular complexity index is 914. The summed E-state index contributed by atoms with van der Waals surface area (Å²) in [5, 5.41) is 21.1. The van der Waals surface area contributed by atoms with E-state index in [1.807, 2.05) is 48.9 Å². The standard InChI is InChI=1S/C19H20N4O3S/c1-13(26-16-9-4-3-5-10-16)18-21-22-19(23(18)2)27-12-17(25)20-14-7-6-8-15(24)11-14/h3-11,13,24H,12H2,1-2H3,(H,20,25). The number of amides is 1. The van der Waals surface area contributed by atoms with Gasteiger partial charge in [-0.1, -0.05) is 36.0 Å². The molecule has 0 bridgehead atoms. The van der Waals surface area contributed by atoms with Crippen LogP contribution in [0.4, 0.5) is 5.69 Å². The normalized spacial score (nSPS) is 11.8. The molecule has 0 saturated carbocycles. The summed E-state index contributed by atoms with van der Waals surface area (Å²) >= 11 is 1.28. The Labute approximate surface area is 161 Å². The summed E-state index contributed by atoms with van der Waals surface area (Å²) in [7, 11) is 1.84. The van der Waals surface area contributed by atoms with Crippen LogP contribution in [0.3, 0.4) is 0 Å². The van der Waals surface area contributed by atoms with Gasteiger partial charge < -0.3 is 19.7 Å². The number of phenols is 1. The summed E-state index contributed by atoms with van der Waals surface area (Å²) in [5.74, 6) is 1.52. The van der Waals surface area contributed by atoms with Crippen LogP contribution in [-0.2, 0) is 11.8 Å². The summed E-state index contributed by atoms with van der Waals surface area (Å²) in [6, 6.07) is 15.9. The molecule has 1 unspecified atom stereocenters. The molecule has 0 saturated heterocycles. The minimum Gasteiger partial charge on any atom is -0.508 e. The molecule has 3 aromatic rings. The zero-order chi connectivity index (χ0) is 19.2. The summed E-state index contributed by atoms with van der Waals surface area (Å²) < 4.78 is 7.69. The number of thioether (sulfide) groups is 1. The van der Waals surface area contributed by atoms with Crippen molar-refractivity contribution in [1.29, 1.82) is 0 Å². The Morgan fingerprint density at radius 3 is 2.74 bits per heavy atom. The lowest BCUT2D eigenvalue weighted by atomic mass is 10.3. The van der Waals surface area contributed by atoms with Crippen molar-refractivity contribution < 1.29 is 14.6 Å². The number of aromatic nitrogens is 3. The van der Waals surface area contributed by atoms with Gasteiger partial charge in [0.15, 0.2) is 17.1 Å². The topological polar surface area (TPSA) is 89.3 Å². The molecule has 1 amide bonds. The quantitative estimate of drug-likeness (QED) is 0.607. The maximum Gasteiger partial charge on any atom is 0.234 e. The van der Waals surface area contributed by atoms with Crippen molar-refractivity contribution in [1.82, 2.24) is 14.8 Å². The van der Waals surface area contributed by atoms with Crippen LogP contribution < -0.4 is 10.1 Å². The van der Waals surface area contributed by atoms with E-state index in [1.165, 1.54) is 17.8 Å². The predicted molar refractivity (Wildman–Crippen MR) is 104 cm³/mol. The van der Waals surface area contributed by atoms with Gasteiger partial charge in [-0.15, -0.1) is 10.2 Å². The number of nitrogens with one attached hydrogen (secondary N) is 1. The number of rotatable bonds is 7. The third kappa shape index (κ3) is 5.01. The van der Waals surface area contributed by atoms with Gasteiger partial charge in [0.2, 0.25) is 5.91 Å². The first-order valence-electron chi connectivity index (χ1n) is 8.35. The first-order chi connectivity index (χ1) is 13.0. The molecule has 27 heavy (non-hydrogen) atoms. The molecular formula is C19H20N4O3S. The van der Waals surface area contributed by atoms with Crippen LogP contribution in [0.25, 0.3) is 0 Å². The molecule has 0 aliphatic rings. The molecule has 1 atom stereocenters. The summed E-state index contributed by atoms with van der Waals surface area (Å²) in [6.07, 6.45) is -0.277. The van der Waals surface area contributed by atoms with Crippen molar-refractivity contribution in [3.63, 3.8) is 0 Å². The Hall–Kier alpha value is -3.00. The number of para-hydroxylation sites is 1. The molecule has 1 aromatic heterocycles. The van der Waals surface area contributed by atoms with Crippen molar-refractivity contribution in [2.24, 2.45) is 7.05 Å². The number of hydrogen-bond acceptors (Lipinski definition) is 6. The van der Waals surface area contributed by atoms with Crippen molar-refractivity contribution in [2.75, 3.05) is 11.1 Å². The molecule has 7 nitrogen and oxygen atoms in total. The molecule has 0 aliphatic carbocycles. The van der Waals surface area contributed by atoms with Crippen LogP contribution in [0.1, 0.15) is 18.9 Å². The molecule has 8 heteroatoms. The van der Waals surface area contributed by atoms with Gasteiger partial charge in [-0.3, -0.25) is 4.79 Å². The van der Waals surface area contributed by atoms with Crippen molar-refractivity contribution >= 4 is 23.4 Å². The molecule has 2 N–H and O–H groups in total. The SMILES string of the molecule is CC(Oc1ccccc1)c1nnc(SCC(=O)Nc2cccc(O)c2)n1C. The van der Waals surface area contributed by atoms with Gasteiger partial charge in [0.25, 0.3) is 0 Å². The van der Waals surface area contributed by atoms with E-state index in [0.717, 1.165) is 5.75 Å². The number of carbonyl (C=O) groups is 1. The molecule has 0 radical (unpaired) electrons. The van der Waals surface area contributed by atoms with E-state index in [1.54, 1.807) is 18.2 Å². The van der Waals surface area contributed by atoms with E-state index in [-0.39, 0.29) is 23.5 Å². The molecule has 0 aliphatic heterocycles. The van der Waals surface area contributed by atoms with Crippen LogP contribution in [-0.4, -0.2) is 31.5 Å². The molecule has 0 fully saturated rings. The number of phenolic OH excluding ortho intramolecular Hbond substituents is 1. The van der Waals surface area contributed by atoms with Crippen LogP contribution in [0.15, 0.2) is 59.8 Å². The number of hydrogen-bond donors (Lipinski definition) is 2. The third-order valence-corrected chi connectivity index (χ3v) is 4.77. The maximum absolute atomic E-state index is 12.1. The van der Waals surface area contributed by atoms with E-state index in [2.05, 4.69) is 15.5 Å². The summed E-state index contributed by atoms with van der Waals surface area (Å²) in [5.41, 5.74) is 0.545. The summed E-state index contributed by atoms with van der Waals surface area (Å²) in [6.45, 7) is 1.90. The maximum atomic E-state index is 12.1. The lowest BCUT2D eigenvalue weighted by Crippen LogP contribution is -2.14. The molecule has 1 heterocycles. The third-order valence-electron chi connectivity index (χ3n) is 3.75. The zero-order valence-electron chi connectivity index (χ0n) is 15.0. The van der Waals surface area contributed by atoms with E-state index in [9.17, 15) is 9.90 Å². The van der Waals surface area contributed by atoms with Crippen LogP contribution in [0.5, 0.6) is 11.5 Å². The molecular weight excluding hydrogens is 364 g/mol. The smallest absolute Gasteiger partial charge is 0.234 e. The Kier molecular flexibility index (Phi) is 5.97. The highest BCUT2D eigenvalue weighted by Crippen LogP contribution is 2.23. The number of ether oxygens (including phenoxy) is 1. The second kappa shape index (κ2) is 8.59. The average molecular weight is 384 g/mol. The number of benzene rings is 2. The number of anilines is 1. The van der Waals surface area contributed by atoms with Crippen molar-refractivity contribution in [3.8, 4) is 11.5 Å². The van der Waals surface area contributed by atoms with Gasteiger partial charge in [0.1, 0.15) is 11.5 Å². The second-order valence-corrected chi connectivity index (χ2v) is 6.80. The minimum atomic E-state index is -0.277. The largest absolute Gasteiger partial charge is 0.508 e. The number of aromatic hydroxyl groups is 1. The van der Waals surface area contributed by atoms with Gasteiger partial charge in [-0.25, -0.2) is 0 Å². The predicted octanol–water partition coefficient (Wildman–Crippen LogP) is 3.39. The van der Waals surface area contributed by atoms with Gasteiger partial charge in [0, 0.05) is 18.8 Å². The molecule has 140 valence electrons. The molecule has 2 aromatic carbocycles. The Morgan fingerprint density at radius 2 is 2.00 bits per heavy atom. The second-order valence-electron chi connectivity index (χ2n) is 5.86. The molecule has 3 rings (SSSR count). The van der Waals surface area contributed by atoms with E-state index in [0.29, 0.717) is 16.7 Å². The van der Waals surface area contributed by atoms with Gasteiger partial charge in [-0.2, -0.15) is 0 Å². The lowest BCUT2D eigenvalue weighted by molar-refractivity contribution is -0.113. The van der Waals surface area contributed by atoms with Crippen LogP contribution in [0, 0.1) is 0 Å². The number of nitrogens with zero attached hydrogens (tertiary/aromatic N) is 3. The monoisotopic (exact) mass is 384 g/mol. The lowest BCUT2D eigenvalue weighted by Gasteiger charge is -2.14. The fourth-order valence-electron chi connectivity index (χ4n) is 2.47. The molecule has 0 spiro atoms. The van der Waals surface area contributed by atoms with Crippen molar-refractivity contribution in [3.05, 3.63) is 60.4 Å². The fourth-order valence-corrected chi connectivity index (χ4v) is 3.19. The highest BCUT2D eigenvalue weighted by atomic mass is 32.2. The van der Waals surface area contributed by atoms with Crippen LogP contribution in [0.2, 0.25) is 0 Å². The highest BCUT2D eigenvalue weighted by molar-refractivity contribution is 7.99. The van der Waals surface area contributed by atoms with E-state index < -0.39 is 0 Å². The van der Waals surface area contributed by atoms with E-state index in [4.69, 9.17) is 4.74 Å². The van der Waals surface area contributed by atoms with Gasteiger partial charge in [-0.05, 0) is 31.2 Å². The highest BCUT2D eigenvalue weighted by Gasteiger charge is 2.18. The van der Waals surface area contributed by atoms with Crippen LogP contribution >= 0.6 is 11.8 Å². The Balaban J connectivity index is 1.57. The number of carbonyl (C=O) groups excluding carboxylic acids is 1. The first kappa shape index (κ1) is 18.8. The Morgan fingerprint density at radius 1 is 1.22 bits per heavy atom. The van der Waals surface area contributed by atoms with Gasteiger partial charge >= 0.3 is 0 Å². The van der Waals surface area contributed by atoms with E-state index >= 15 is 0 Å². The van der Waals surface area contributed by atoms with Gasteiger partial charge in [0.05, 0.1) is 5.75 Å². The first-order valence-corrected chi connectivity index (χ1v) is 9.34. The average Bonchev–Trinajstić information content (AvgIpc) is 3.01. The minimum absolute atomic E-state index is 0.103. The van der Waals surface area contributed by atoms with Crippen molar-refractivity contribution in [2.45, 2.75) is 18.2 Å². The fraction of sp³-hybridized carbons (Fsp3) is 0.211. The summed E-state index contributed by atoms with van der Waals surface area (Å²) in [4.78, 5) is 12.1. The zero-order valence-corrected chi connectivity index (χ0v) is 15.8.